The van der Waals surface area contributed by atoms with Crippen LogP contribution < -0.4 is 0 Å². The van der Waals surface area contributed by atoms with E-state index in [0.29, 0.717) is 6.42 Å². The van der Waals surface area contributed by atoms with Gasteiger partial charge in [0.05, 0.1) is 11.0 Å². The van der Waals surface area contributed by atoms with Crippen LogP contribution in [0.5, 0.6) is 0 Å². The zero-order chi connectivity index (χ0) is 20.7. The first-order valence-corrected chi connectivity index (χ1v) is 10.2. The zero-order valence-electron chi connectivity index (χ0n) is 16.4. The fourth-order valence-corrected chi connectivity index (χ4v) is 7.11. The lowest BCUT2D eigenvalue weighted by Gasteiger charge is -2.62. The number of halogens is 1. The summed E-state index contributed by atoms with van der Waals surface area (Å²) in [4.78, 5) is 23.3. The number of ketones is 2. The molecule has 0 aliphatic heterocycles. The molecule has 0 amide bonds. The maximum atomic E-state index is 12.4. The van der Waals surface area contributed by atoms with Gasteiger partial charge in [0, 0.05) is 16.7 Å². The minimum Gasteiger partial charge on any atom is -0.391 e. The SMILES string of the molecule is CC1=C[C@H]2[C@@H]3CC[C@](O)(C(=O)CO)[C@@]3(C)C[C@H](O)[C@]2(Cl)[C@@]2(C)C=CC(=O)C=C12. The van der Waals surface area contributed by atoms with E-state index in [1.165, 1.54) is 6.08 Å². The van der Waals surface area contributed by atoms with Crippen LogP contribution in [0.4, 0.5) is 0 Å². The number of allylic oxidation sites excluding steroid dienone is 6. The van der Waals surface area contributed by atoms with Crippen LogP contribution in [0.15, 0.2) is 35.5 Å². The van der Waals surface area contributed by atoms with Gasteiger partial charge >= 0.3 is 0 Å². The molecule has 3 N–H and O–H groups in total. The second kappa shape index (κ2) is 5.88. The highest BCUT2D eigenvalue weighted by Crippen LogP contribution is 2.69. The van der Waals surface area contributed by atoms with E-state index in [9.17, 15) is 24.9 Å². The Labute approximate surface area is 169 Å². The predicted molar refractivity (Wildman–Crippen MR) is 105 cm³/mol. The molecule has 0 aromatic heterocycles. The lowest BCUT2D eigenvalue weighted by atomic mass is 9.46. The Balaban J connectivity index is 1.90. The van der Waals surface area contributed by atoms with Gasteiger partial charge in [0.15, 0.2) is 11.6 Å². The smallest absolute Gasteiger partial charge is 0.190 e. The summed E-state index contributed by atoms with van der Waals surface area (Å²) in [7, 11) is 0. The monoisotopic (exact) mass is 406 g/mol. The van der Waals surface area contributed by atoms with E-state index in [1.807, 2.05) is 26.8 Å². The van der Waals surface area contributed by atoms with Crippen molar-refractivity contribution in [2.24, 2.45) is 22.7 Å². The van der Waals surface area contributed by atoms with Gasteiger partial charge in [0.25, 0.3) is 0 Å². The molecule has 5 nitrogen and oxygen atoms in total. The standard InChI is InChI=1S/C22H27ClO5/c1-12-8-16-14-5-7-21(28,18(27)11-24)20(14,3)10-17(26)22(16,23)19(2)6-4-13(25)9-15(12)19/h4,6,8-9,14,16-17,24,26,28H,5,7,10-11H2,1-3H3/t14-,16-,17-,19-,20-,21-,22-/m0/s1. The highest BCUT2D eigenvalue weighted by molar-refractivity contribution is 6.26. The van der Waals surface area contributed by atoms with E-state index < -0.39 is 39.8 Å². The Bertz CT molecular complexity index is 859. The summed E-state index contributed by atoms with van der Waals surface area (Å²) in [6.45, 7) is 4.99. The van der Waals surface area contributed by atoms with Crippen LogP contribution in [0, 0.1) is 22.7 Å². The molecule has 2 fully saturated rings. The molecule has 0 saturated heterocycles. The van der Waals surface area contributed by atoms with Gasteiger partial charge in [-0.2, -0.15) is 0 Å². The van der Waals surface area contributed by atoms with Crippen molar-refractivity contribution in [2.45, 2.75) is 56.6 Å². The van der Waals surface area contributed by atoms with Crippen LogP contribution in [0.25, 0.3) is 0 Å². The predicted octanol–water partition coefficient (Wildman–Crippen LogP) is 2.09. The first-order chi connectivity index (χ1) is 13.0. The molecule has 4 rings (SSSR count). The Kier molecular flexibility index (Phi) is 4.20. The van der Waals surface area contributed by atoms with Crippen molar-refractivity contribution in [2.75, 3.05) is 6.61 Å². The quantitative estimate of drug-likeness (QED) is 0.610. The fourth-order valence-electron chi connectivity index (χ4n) is 6.65. The molecule has 4 aliphatic carbocycles. The first-order valence-electron chi connectivity index (χ1n) is 9.83. The molecular weight excluding hydrogens is 380 g/mol. The molecule has 28 heavy (non-hydrogen) atoms. The molecule has 6 heteroatoms. The summed E-state index contributed by atoms with van der Waals surface area (Å²) < 4.78 is 0. The Morgan fingerprint density at radius 1 is 1.36 bits per heavy atom. The highest BCUT2D eigenvalue weighted by Gasteiger charge is 2.72. The molecule has 2 saturated carbocycles. The highest BCUT2D eigenvalue weighted by atomic mass is 35.5. The lowest BCUT2D eigenvalue weighted by Crippen LogP contribution is -2.68. The Morgan fingerprint density at radius 2 is 2.04 bits per heavy atom. The van der Waals surface area contributed by atoms with Gasteiger partial charge in [-0.3, -0.25) is 9.59 Å². The summed E-state index contributed by atoms with van der Waals surface area (Å²) in [6.07, 6.45) is 6.86. The second-order valence-electron chi connectivity index (χ2n) is 9.36. The fraction of sp³-hybridized carbons (Fsp3) is 0.636. The number of alkyl halides is 1. The number of hydrogen-bond acceptors (Lipinski definition) is 5. The summed E-state index contributed by atoms with van der Waals surface area (Å²) in [5, 5.41) is 32.0. The maximum Gasteiger partial charge on any atom is 0.190 e. The Hall–Kier alpha value is -1.27. The van der Waals surface area contributed by atoms with Crippen molar-refractivity contribution < 1.29 is 24.9 Å². The second-order valence-corrected chi connectivity index (χ2v) is 9.99. The van der Waals surface area contributed by atoms with E-state index in [0.717, 1.165) is 11.1 Å². The number of Topliss-reactive ketones (excluding diaryl/α,β-unsaturated/α-hetero) is 1. The number of rotatable bonds is 2. The van der Waals surface area contributed by atoms with Crippen molar-refractivity contribution in [1.82, 2.24) is 0 Å². The van der Waals surface area contributed by atoms with Crippen molar-refractivity contribution in [1.29, 1.82) is 0 Å². The van der Waals surface area contributed by atoms with Gasteiger partial charge in [0.1, 0.15) is 12.2 Å². The zero-order valence-corrected chi connectivity index (χ0v) is 17.2. The van der Waals surface area contributed by atoms with Gasteiger partial charge in [-0.05, 0) is 49.8 Å². The van der Waals surface area contributed by atoms with Crippen LogP contribution in [0.1, 0.15) is 40.0 Å². The van der Waals surface area contributed by atoms with Crippen molar-refractivity contribution >= 4 is 23.2 Å². The molecule has 0 aromatic carbocycles. The third kappa shape index (κ3) is 2.08. The van der Waals surface area contributed by atoms with Crippen LogP contribution >= 0.6 is 11.6 Å². The maximum absolute atomic E-state index is 12.4. The van der Waals surface area contributed by atoms with E-state index in [-0.39, 0.29) is 30.5 Å². The minimum absolute atomic E-state index is 0.0992. The third-order valence-corrected chi connectivity index (χ3v) is 9.18. The topological polar surface area (TPSA) is 94.8 Å². The van der Waals surface area contributed by atoms with Crippen LogP contribution in [-0.4, -0.2) is 50.1 Å². The molecule has 0 heterocycles. The van der Waals surface area contributed by atoms with E-state index in [1.54, 1.807) is 12.2 Å². The number of hydrogen-bond donors (Lipinski definition) is 3. The van der Waals surface area contributed by atoms with Gasteiger partial charge in [0.2, 0.25) is 0 Å². The lowest BCUT2D eigenvalue weighted by molar-refractivity contribution is -0.169. The van der Waals surface area contributed by atoms with Gasteiger partial charge in [-0.1, -0.05) is 31.6 Å². The molecule has 0 aromatic rings. The van der Waals surface area contributed by atoms with Gasteiger partial charge < -0.3 is 15.3 Å². The average Bonchev–Trinajstić information content (AvgIpc) is 2.91. The molecule has 152 valence electrons. The van der Waals surface area contributed by atoms with E-state index in [2.05, 4.69) is 0 Å². The first kappa shape index (κ1) is 20.0. The summed E-state index contributed by atoms with van der Waals surface area (Å²) in [5.41, 5.74) is -1.56. The number of carbonyl (C=O) groups is 2. The van der Waals surface area contributed by atoms with Crippen molar-refractivity contribution in [3.8, 4) is 0 Å². The van der Waals surface area contributed by atoms with Gasteiger partial charge in [-0.25, -0.2) is 0 Å². The molecule has 4 aliphatic rings. The van der Waals surface area contributed by atoms with Gasteiger partial charge in [-0.15, -0.1) is 11.6 Å². The third-order valence-electron chi connectivity index (χ3n) is 8.28. The van der Waals surface area contributed by atoms with E-state index >= 15 is 0 Å². The Morgan fingerprint density at radius 3 is 2.68 bits per heavy atom. The molecule has 0 radical (unpaired) electrons. The number of aliphatic hydroxyl groups is 3. The molecule has 0 unspecified atom stereocenters. The minimum atomic E-state index is -1.68. The average molecular weight is 407 g/mol. The summed E-state index contributed by atoms with van der Waals surface area (Å²) in [5.74, 6) is -1.12. The van der Waals surface area contributed by atoms with Crippen LogP contribution in [-0.2, 0) is 9.59 Å². The summed E-state index contributed by atoms with van der Waals surface area (Å²) >= 11 is 7.28. The van der Waals surface area contributed by atoms with Crippen molar-refractivity contribution in [3.63, 3.8) is 0 Å². The number of fused-ring (bicyclic) bond motifs is 5. The largest absolute Gasteiger partial charge is 0.391 e. The number of aliphatic hydroxyl groups excluding tert-OH is 2. The van der Waals surface area contributed by atoms with Crippen LogP contribution in [0.2, 0.25) is 0 Å². The normalized spacial score (nSPS) is 49.7. The molecule has 7 atom stereocenters. The van der Waals surface area contributed by atoms with Crippen molar-refractivity contribution in [3.05, 3.63) is 35.5 Å². The van der Waals surface area contributed by atoms with Crippen LogP contribution in [0.3, 0.4) is 0 Å². The molecule has 0 spiro atoms. The molecule has 0 bridgehead atoms. The molecular formula is C22H27ClO5. The summed E-state index contributed by atoms with van der Waals surface area (Å²) in [6, 6.07) is 0. The number of carbonyl (C=O) groups excluding carboxylic acids is 2. The van der Waals surface area contributed by atoms with E-state index in [4.69, 9.17) is 11.6 Å².